The molecule has 0 saturated carbocycles. The molecule has 0 atom stereocenters. The second-order valence-corrected chi connectivity index (χ2v) is 4.42. The summed E-state index contributed by atoms with van der Waals surface area (Å²) in [4.78, 5) is 22.1. The average Bonchev–Trinajstić information content (AvgIpc) is 2.46. The highest BCUT2D eigenvalue weighted by atomic mass is 16.6. The van der Waals surface area contributed by atoms with E-state index < -0.39 is 11.0 Å². The number of carbonyl (C=O) groups is 1. The van der Waals surface area contributed by atoms with Crippen LogP contribution in [0.1, 0.15) is 0 Å². The molecule has 2 rings (SSSR count). The third kappa shape index (κ3) is 3.23. The number of hydrogen-bond donors (Lipinski definition) is 2. The first-order valence-corrected chi connectivity index (χ1v) is 6.17. The molecule has 0 aromatic heterocycles. The van der Waals surface area contributed by atoms with Gasteiger partial charge in [-0.25, -0.2) is 4.79 Å². The Balaban J connectivity index is 2.40. The highest BCUT2D eigenvalue weighted by Gasteiger charge is 2.22. The topological polar surface area (TPSA) is 119 Å². The lowest BCUT2D eigenvalue weighted by Gasteiger charge is -2.14. The summed E-state index contributed by atoms with van der Waals surface area (Å²) in [6.07, 6.45) is -1.32. The Morgan fingerprint density at radius 1 is 1.27 bits per heavy atom. The molecule has 0 saturated heterocycles. The fraction of sp³-hybridized carbons (Fsp3) is 0.0714. The van der Waals surface area contributed by atoms with Crippen molar-refractivity contribution in [2.75, 3.05) is 17.7 Å². The molecule has 3 N–H and O–H groups in total. The maximum Gasteiger partial charge on any atom is 0.411 e. The van der Waals surface area contributed by atoms with Gasteiger partial charge in [-0.1, -0.05) is 6.07 Å². The lowest BCUT2D eigenvalue weighted by atomic mass is 10.2. The zero-order valence-electron chi connectivity index (χ0n) is 11.6. The van der Waals surface area contributed by atoms with Crippen LogP contribution in [0, 0.1) is 10.1 Å². The van der Waals surface area contributed by atoms with Crippen LogP contribution in [-0.4, -0.2) is 23.2 Å². The SMILES string of the molecule is CN(C(=O)O)c1cc(Oc2cccc(N)c2)ccc1[N+](=O)[O-]. The summed E-state index contributed by atoms with van der Waals surface area (Å²) < 4.78 is 5.54. The number of nitrogen functional groups attached to an aromatic ring is 1. The van der Waals surface area contributed by atoms with Crippen molar-refractivity contribution in [3.05, 3.63) is 52.6 Å². The van der Waals surface area contributed by atoms with Gasteiger partial charge in [0.25, 0.3) is 5.69 Å². The van der Waals surface area contributed by atoms with Gasteiger partial charge in [0.05, 0.1) is 4.92 Å². The van der Waals surface area contributed by atoms with Gasteiger partial charge in [0.2, 0.25) is 0 Å². The second kappa shape index (κ2) is 6.00. The Labute approximate surface area is 125 Å². The van der Waals surface area contributed by atoms with Crippen molar-refractivity contribution in [3.63, 3.8) is 0 Å². The van der Waals surface area contributed by atoms with Gasteiger partial charge in [-0.3, -0.25) is 15.0 Å². The van der Waals surface area contributed by atoms with Crippen LogP contribution in [0.3, 0.4) is 0 Å². The van der Waals surface area contributed by atoms with Crippen molar-refractivity contribution in [1.29, 1.82) is 0 Å². The van der Waals surface area contributed by atoms with Gasteiger partial charge < -0.3 is 15.6 Å². The average molecular weight is 303 g/mol. The molecule has 114 valence electrons. The molecule has 0 aliphatic rings. The zero-order chi connectivity index (χ0) is 16.3. The monoisotopic (exact) mass is 303 g/mol. The smallest absolute Gasteiger partial charge is 0.411 e. The number of anilines is 2. The molecule has 8 nitrogen and oxygen atoms in total. The predicted octanol–water partition coefficient (Wildman–Crippen LogP) is 3.08. The summed E-state index contributed by atoms with van der Waals surface area (Å²) in [5.74, 6) is 0.706. The van der Waals surface area contributed by atoms with Crippen LogP contribution in [0.2, 0.25) is 0 Å². The number of benzene rings is 2. The van der Waals surface area contributed by atoms with E-state index in [-0.39, 0.29) is 17.1 Å². The number of rotatable bonds is 4. The minimum absolute atomic E-state index is 0.0843. The maximum absolute atomic E-state index is 11.0. The third-order valence-electron chi connectivity index (χ3n) is 2.89. The van der Waals surface area contributed by atoms with Crippen LogP contribution in [-0.2, 0) is 0 Å². The predicted molar refractivity (Wildman–Crippen MR) is 80.5 cm³/mol. The number of amides is 1. The Morgan fingerprint density at radius 2 is 1.95 bits per heavy atom. The molecule has 0 aliphatic heterocycles. The highest BCUT2D eigenvalue weighted by molar-refractivity contribution is 5.89. The van der Waals surface area contributed by atoms with E-state index in [0.29, 0.717) is 11.4 Å². The van der Waals surface area contributed by atoms with E-state index >= 15 is 0 Å². The zero-order valence-corrected chi connectivity index (χ0v) is 11.6. The first-order chi connectivity index (χ1) is 10.4. The molecule has 0 bridgehead atoms. The van der Waals surface area contributed by atoms with E-state index in [1.54, 1.807) is 24.3 Å². The number of nitrogens with two attached hydrogens (primary N) is 1. The fourth-order valence-electron chi connectivity index (χ4n) is 1.81. The number of carboxylic acid groups (broad SMARTS) is 1. The molecule has 0 aliphatic carbocycles. The first kappa shape index (κ1) is 15.1. The number of nitro groups is 1. The molecule has 0 heterocycles. The molecule has 0 fully saturated rings. The van der Waals surface area contributed by atoms with Gasteiger partial charge in [-0.05, 0) is 18.2 Å². The van der Waals surface area contributed by atoms with Crippen LogP contribution in [0.25, 0.3) is 0 Å². The molecule has 8 heteroatoms. The maximum atomic E-state index is 11.0. The minimum atomic E-state index is -1.32. The van der Waals surface area contributed by atoms with Crippen LogP contribution < -0.4 is 15.4 Å². The minimum Gasteiger partial charge on any atom is -0.465 e. The molecule has 0 spiro atoms. The van der Waals surface area contributed by atoms with Crippen molar-refractivity contribution in [2.24, 2.45) is 0 Å². The third-order valence-corrected chi connectivity index (χ3v) is 2.89. The fourth-order valence-corrected chi connectivity index (χ4v) is 1.81. The molecule has 2 aromatic rings. The molecular weight excluding hydrogens is 290 g/mol. The van der Waals surface area contributed by atoms with Gasteiger partial charge in [-0.2, -0.15) is 0 Å². The Morgan fingerprint density at radius 3 is 2.55 bits per heavy atom. The molecule has 1 amide bonds. The van der Waals surface area contributed by atoms with Crippen molar-refractivity contribution in [1.82, 2.24) is 0 Å². The molecule has 0 radical (unpaired) electrons. The standard InChI is InChI=1S/C14H13N3O5/c1-16(14(18)19)13-8-11(5-6-12(13)17(20)21)22-10-4-2-3-9(15)7-10/h2-8H,15H2,1H3,(H,18,19). The number of nitrogens with zero attached hydrogens (tertiary/aromatic N) is 2. The molecular formula is C14H13N3O5. The van der Waals surface area contributed by atoms with Crippen LogP contribution in [0.4, 0.5) is 21.9 Å². The van der Waals surface area contributed by atoms with Crippen molar-refractivity contribution >= 4 is 23.2 Å². The van der Waals surface area contributed by atoms with Crippen LogP contribution in [0.15, 0.2) is 42.5 Å². The Kier molecular flexibility index (Phi) is 4.12. The summed E-state index contributed by atoms with van der Waals surface area (Å²) in [6, 6.07) is 10.5. The van der Waals surface area contributed by atoms with Gasteiger partial charge in [-0.15, -0.1) is 0 Å². The van der Waals surface area contributed by atoms with E-state index in [4.69, 9.17) is 15.6 Å². The van der Waals surface area contributed by atoms with Crippen LogP contribution >= 0.6 is 0 Å². The van der Waals surface area contributed by atoms with E-state index in [1.807, 2.05) is 0 Å². The van der Waals surface area contributed by atoms with E-state index in [2.05, 4.69) is 0 Å². The van der Waals surface area contributed by atoms with Gasteiger partial charge >= 0.3 is 6.09 Å². The van der Waals surface area contributed by atoms with Crippen molar-refractivity contribution < 1.29 is 19.6 Å². The summed E-state index contributed by atoms with van der Waals surface area (Å²) in [6.45, 7) is 0. The Hall–Kier alpha value is -3.29. The van der Waals surface area contributed by atoms with Crippen molar-refractivity contribution in [2.45, 2.75) is 0 Å². The lowest BCUT2D eigenvalue weighted by Crippen LogP contribution is -2.24. The molecule has 22 heavy (non-hydrogen) atoms. The largest absolute Gasteiger partial charge is 0.465 e. The summed E-state index contributed by atoms with van der Waals surface area (Å²) in [5.41, 5.74) is 5.73. The number of ether oxygens (including phenoxy) is 1. The van der Waals surface area contributed by atoms with Gasteiger partial charge in [0, 0.05) is 30.9 Å². The van der Waals surface area contributed by atoms with E-state index in [0.717, 1.165) is 4.90 Å². The summed E-state index contributed by atoms with van der Waals surface area (Å²) in [5, 5.41) is 20.0. The summed E-state index contributed by atoms with van der Waals surface area (Å²) >= 11 is 0. The molecule has 2 aromatic carbocycles. The first-order valence-electron chi connectivity index (χ1n) is 6.17. The highest BCUT2D eigenvalue weighted by Crippen LogP contribution is 2.33. The normalized spacial score (nSPS) is 10.0. The molecule has 0 unspecified atom stereocenters. The lowest BCUT2D eigenvalue weighted by molar-refractivity contribution is -0.384. The Bertz CT molecular complexity index is 732. The van der Waals surface area contributed by atoms with Gasteiger partial charge in [0.15, 0.2) is 0 Å². The quantitative estimate of drug-likeness (QED) is 0.509. The van der Waals surface area contributed by atoms with E-state index in [1.165, 1.54) is 25.2 Å². The van der Waals surface area contributed by atoms with Crippen molar-refractivity contribution in [3.8, 4) is 11.5 Å². The summed E-state index contributed by atoms with van der Waals surface area (Å²) in [7, 11) is 1.22. The second-order valence-electron chi connectivity index (χ2n) is 4.42. The van der Waals surface area contributed by atoms with Crippen LogP contribution in [0.5, 0.6) is 11.5 Å². The number of hydrogen-bond acceptors (Lipinski definition) is 5. The number of nitro benzene ring substituents is 1. The van der Waals surface area contributed by atoms with Gasteiger partial charge in [0.1, 0.15) is 17.2 Å². The van der Waals surface area contributed by atoms with E-state index in [9.17, 15) is 14.9 Å².